The van der Waals surface area contributed by atoms with Crippen molar-refractivity contribution in [3.05, 3.63) is 63.5 Å². The number of para-hydroxylation sites is 2. The van der Waals surface area contributed by atoms with Crippen molar-refractivity contribution in [2.24, 2.45) is 15.9 Å². The zero-order chi connectivity index (χ0) is 18.0. The summed E-state index contributed by atoms with van der Waals surface area (Å²) in [6, 6.07) is 9.18. The van der Waals surface area contributed by atoms with Crippen LogP contribution in [0.2, 0.25) is 0 Å². The summed E-state index contributed by atoms with van der Waals surface area (Å²) in [7, 11) is 0. The zero-order valence-electron chi connectivity index (χ0n) is 12.5. The maximum Gasteiger partial charge on any atom is 0.433 e. The summed E-state index contributed by atoms with van der Waals surface area (Å²) in [5.74, 6) is -0.529. The van der Waals surface area contributed by atoms with Crippen LogP contribution in [0.15, 0.2) is 51.0 Å². The predicted octanol–water partition coefficient (Wildman–Crippen LogP) is 0.994. The van der Waals surface area contributed by atoms with E-state index >= 15 is 0 Å². The summed E-state index contributed by atoms with van der Waals surface area (Å²) in [4.78, 5) is 14.0. The normalized spacial score (nSPS) is 12.1. The minimum atomic E-state index is -0.680. The second kappa shape index (κ2) is 6.23. The quantitative estimate of drug-likeness (QED) is 0.210. The Morgan fingerprint density at radius 3 is 2.88 bits per heavy atom. The minimum Gasteiger partial charge on any atom is -0.426 e. The van der Waals surface area contributed by atoms with Gasteiger partial charge < -0.3 is 15.4 Å². The standard InChI is InChI=1S/C14H11N7O4/c15-13(19-17-7-8-5-6-11(25-8)21(23)24)12-14(16)20(22)10-4-2-1-3-9(10)18-12/h1-7,16,22H,(H2,15,19)/b16-14?,17-7-. The molecule has 0 amide bonds. The maximum atomic E-state index is 10.5. The molecular formula is C14H11N7O4. The third kappa shape index (κ3) is 3.06. The number of fused-ring (bicyclic) bond motifs is 1. The van der Waals surface area contributed by atoms with Crippen LogP contribution >= 0.6 is 0 Å². The molecule has 0 radical (unpaired) electrons. The van der Waals surface area contributed by atoms with E-state index in [1.165, 1.54) is 12.1 Å². The average Bonchev–Trinajstić information content (AvgIpc) is 3.07. The second-order valence-corrected chi connectivity index (χ2v) is 4.77. The van der Waals surface area contributed by atoms with Crippen LogP contribution in [-0.4, -0.2) is 31.9 Å². The Labute approximate surface area is 139 Å². The number of amidine groups is 1. The number of hydrogen-bond acceptors (Lipinski definition) is 8. The van der Waals surface area contributed by atoms with Crippen molar-refractivity contribution >= 4 is 29.0 Å². The molecular weight excluding hydrogens is 330 g/mol. The fourth-order valence-corrected chi connectivity index (χ4v) is 2.02. The largest absolute Gasteiger partial charge is 0.433 e. The minimum absolute atomic E-state index is 0.0659. The summed E-state index contributed by atoms with van der Waals surface area (Å²) < 4.78 is 5.52. The fourth-order valence-electron chi connectivity index (χ4n) is 2.02. The molecule has 0 aliphatic heterocycles. The molecule has 1 aromatic carbocycles. The molecule has 25 heavy (non-hydrogen) atoms. The monoisotopic (exact) mass is 341 g/mol. The molecule has 3 rings (SSSR count). The molecule has 11 heteroatoms. The third-order valence-electron chi connectivity index (χ3n) is 3.16. The Morgan fingerprint density at radius 1 is 1.40 bits per heavy atom. The van der Waals surface area contributed by atoms with E-state index in [4.69, 9.17) is 15.6 Å². The van der Waals surface area contributed by atoms with E-state index in [0.29, 0.717) is 15.8 Å². The van der Waals surface area contributed by atoms with Crippen LogP contribution in [0.4, 0.5) is 5.88 Å². The Hall–Kier alpha value is -4.02. The Kier molecular flexibility index (Phi) is 3.95. The first-order valence-electron chi connectivity index (χ1n) is 6.84. The summed E-state index contributed by atoms with van der Waals surface area (Å²) in [6.07, 6.45) is 1.12. The first kappa shape index (κ1) is 15.9. The number of nitrogens with zero attached hydrogens (tertiary/aromatic N) is 5. The number of aromatic nitrogens is 2. The van der Waals surface area contributed by atoms with E-state index in [0.717, 1.165) is 6.21 Å². The van der Waals surface area contributed by atoms with Gasteiger partial charge in [-0.2, -0.15) is 9.83 Å². The van der Waals surface area contributed by atoms with Crippen LogP contribution in [0.1, 0.15) is 11.5 Å². The number of nitro groups is 1. The summed E-state index contributed by atoms with van der Waals surface area (Å²) in [5, 5.41) is 35.8. The molecule has 3 aromatic rings. The van der Waals surface area contributed by atoms with E-state index in [1.54, 1.807) is 24.3 Å². The van der Waals surface area contributed by atoms with Crippen LogP contribution < -0.4 is 11.2 Å². The van der Waals surface area contributed by atoms with Gasteiger partial charge in [-0.15, -0.1) is 5.10 Å². The number of hydrogen-bond donors (Lipinski definition) is 3. The number of benzene rings is 1. The predicted molar refractivity (Wildman–Crippen MR) is 86.5 cm³/mol. The molecule has 11 nitrogen and oxygen atoms in total. The van der Waals surface area contributed by atoms with Crippen molar-refractivity contribution in [2.45, 2.75) is 0 Å². The lowest BCUT2D eigenvalue weighted by molar-refractivity contribution is -0.402. The molecule has 2 heterocycles. The van der Waals surface area contributed by atoms with Gasteiger partial charge in [0.15, 0.2) is 22.8 Å². The topological polar surface area (TPSA) is 169 Å². The first-order valence-corrected chi connectivity index (χ1v) is 6.84. The van der Waals surface area contributed by atoms with Gasteiger partial charge in [-0.1, -0.05) is 12.1 Å². The molecule has 0 aliphatic carbocycles. The van der Waals surface area contributed by atoms with Gasteiger partial charge >= 0.3 is 5.88 Å². The van der Waals surface area contributed by atoms with Crippen molar-refractivity contribution in [1.29, 1.82) is 5.41 Å². The van der Waals surface area contributed by atoms with E-state index in [1.807, 2.05) is 0 Å². The number of nitrogens with one attached hydrogen (secondary N) is 1. The zero-order valence-corrected chi connectivity index (χ0v) is 12.5. The molecule has 2 aromatic heterocycles. The highest BCUT2D eigenvalue weighted by Gasteiger charge is 2.12. The van der Waals surface area contributed by atoms with Crippen molar-refractivity contribution in [1.82, 2.24) is 9.71 Å². The van der Waals surface area contributed by atoms with Crippen molar-refractivity contribution in [3.63, 3.8) is 0 Å². The molecule has 0 atom stereocenters. The third-order valence-corrected chi connectivity index (χ3v) is 3.16. The van der Waals surface area contributed by atoms with Gasteiger partial charge in [0.25, 0.3) is 0 Å². The van der Waals surface area contributed by atoms with E-state index < -0.39 is 10.8 Å². The highest BCUT2D eigenvalue weighted by atomic mass is 16.6. The summed E-state index contributed by atoms with van der Waals surface area (Å²) in [5.41, 5.74) is 6.10. The average molecular weight is 341 g/mol. The molecule has 0 fully saturated rings. The van der Waals surface area contributed by atoms with Crippen molar-refractivity contribution in [2.75, 3.05) is 0 Å². The molecule has 0 unspecified atom stereocenters. The molecule has 0 spiro atoms. The van der Waals surface area contributed by atoms with Gasteiger partial charge in [-0.05, 0) is 18.2 Å². The van der Waals surface area contributed by atoms with E-state index in [9.17, 15) is 15.3 Å². The van der Waals surface area contributed by atoms with Crippen LogP contribution in [-0.2, 0) is 0 Å². The van der Waals surface area contributed by atoms with Crippen molar-refractivity contribution < 1.29 is 14.5 Å². The number of furan rings is 1. The van der Waals surface area contributed by atoms with Crippen LogP contribution in [0, 0.1) is 15.5 Å². The lowest BCUT2D eigenvalue weighted by atomic mass is 10.3. The molecule has 4 N–H and O–H groups in total. The maximum absolute atomic E-state index is 10.5. The number of rotatable bonds is 4. The molecule has 0 saturated heterocycles. The number of nitrogens with two attached hydrogens (primary N) is 1. The van der Waals surface area contributed by atoms with Gasteiger partial charge in [0.05, 0.1) is 17.8 Å². The van der Waals surface area contributed by atoms with Gasteiger partial charge in [0, 0.05) is 0 Å². The SMILES string of the molecule is N=c1c(C(N)=N/N=C\c2ccc([N+](=O)[O-])o2)nc2ccccc2n1O. The highest BCUT2D eigenvalue weighted by molar-refractivity contribution is 5.97. The van der Waals surface area contributed by atoms with Gasteiger partial charge in [-0.25, -0.2) is 4.98 Å². The van der Waals surface area contributed by atoms with Gasteiger partial charge in [0.1, 0.15) is 10.4 Å². The Morgan fingerprint density at radius 2 is 2.16 bits per heavy atom. The lowest BCUT2D eigenvalue weighted by Gasteiger charge is -2.06. The van der Waals surface area contributed by atoms with E-state index in [2.05, 4.69) is 15.2 Å². The molecule has 0 bridgehead atoms. The van der Waals surface area contributed by atoms with Crippen LogP contribution in [0.25, 0.3) is 11.0 Å². The van der Waals surface area contributed by atoms with E-state index in [-0.39, 0.29) is 22.8 Å². The molecule has 0 aliphatic rings. The Balaban J connectivity index is 1.93. The smallest absolute Gasteiger partial charge is 0.426 e. The van der Waals surface area contributed by atoms with Gasteiger partial charge in [0.2, 0.25) is 0 Å². The summed E-state index contributed by atoms with van der Waals surface area (Å²) in [6.45, 7) is 0. The molecule has 126 valence electrons. The summed E-state index contributed by atoms with van der Waals surface area (Å²) >= 11 is 0. The first-order chi connectivity index (χ1) is 12.0. The van der Waals surface area contributed by atoms with Crippen molar-refractivity contribution in [3.8, 4) is 0 Å². The highest BCUT2D eigenvalue weighted by Crippen LogP contribution is 2.14. The molecule has 0 saturated carbocycles. The second-order valence-electron chi connectivity index (χ2n) is 4.77. The fraction of sp³-hybridized carbons (Fsp3) is 0. The lowest BCUT2D eigenvalue weighted by Crippen LogP contribution is -2.31. The van der Waals surface area contributed by atoms with Crippen LogP contribution in [0.5, 0.6) is 0 Å². The van der Waals surface area contributed by atoms with Crippen LogP contribution in [0.3, 0.4) is 0 Å². The Bertz CT molecular complexity index is 1080. The van der Waals surface area contributed by atoms with Gasteiger partial charge in [-0.3, -0.25) is 15.5 Å².